The van der Waals surface area contributed by atoms with E-state index in [0.717, 1.165) is 6.42 Å². The molecule has 0 fully saturated rings. The zero-order valence-electron chi connectivity index (χ0n) is 7.06. The summed E-state index contributed by atoms with van der Waals surface area (Å²) in [4.78, 5) is 4.09. The minimum Gasteiger partial charge on any atom is -1.00 e. The Hall–Kier alpha value is 0.920. The molecule has 0 bridgehead atoms. The van der Waals surface area contributed by atoms with Crippen LogP contribution in [0.4, 0.5) is 0 Å². The first kappa shape index (κ1) is 11.7. The van der Waals surface area contributed by atoms with Crippen LogP contribution in [0, 0.1) is 0 Å². The predicted molar refractivity (Wildman–Crippen MR) is 29.2 cm³/mol. The van der Waals surface area contributed by atoms with Gasteiger partial charge < -0.3 is 1.43 Å². The average Bonchev–Trinajstić information content (AvgIpc) is 1.68. The summed E-state index contributed by atoms with van der Waals surface area (Å²) in [6, 6.07) is 0. The standard InChI is InChI=1S/C5H12O2.Na.H/c1-4-5(2,3)7-6;;/h6H,4H2,1-3H3;;/q;+1;-1. The van der Waals surface area contributed by atoms with Gasteiger partial charge in [-0.3, -0.25) is 5.26 Å². The fourth-order valence-corrected chi connectivity index (χ4v) is 0.0645. The first-order valence-corrected chi connectivity index (χ1v) is 2.45. The monoisotopic (exact) mass is 128 g/mol. The van der Waals surface area contributed by atoms with Gasteiger partial charge in [-0.1, -0.05) is 6.92 Å². The van der Waals surface area contributed by atoms with Gasteiger partial charge >= 0.3 is 29.6 Å². The van der Waals surface area contributed by atoms with Crippen molar-refractivity contribution in [2.75, 3.05) is 0 Å². The summed E-state index contributed by atoms with van der Waals surface area (Å²) in [5.41, 5.74) is -0.361. The molecule has 0 aromatic rings. The van der Waals surface area contributed by atoms with Crippen LogP contribution in [0.1, 0.15) is 28.6 Å². The van der Waals surface area contributed by atoms with Gasteiger partial charge in [-0.25, -0.2) is 4.89 Å². The molecule has 1 N–H and O–H groups in total. The van der Waals surface area contributed by atoms with Crippen molar-refractivity contribution in [1.29, 1.82) is 0 Å². The fraction of sp³-hybridized carbons (Fsp3) is 1.00. The number of hydrogen-bond acceptors (Lipinski definition) is 2. The van der Waals surface area contributed by atoms with Gasteiger partial charge in [0.2, 0.25) is 0 Å². The van der Waals surface area contributed by atoms with Gasteiger partial charge in [0.05, 0.1) is 5.60 Å². The predicted octanol–water partition coefficient (Wildman–Crippen LogP) is -1.22. The van der Waals surface area contributed by atoms with E-state index in [1.54, 1.807) is 0 Å². The van der Waals surface area contributed by atoms with E-state index in [1.165, 1.54) is 0 Å². The summed E-state index contributed by atoms with van der Waals surface area (Å²) in [6.45, 7) is 5.61. The Balaban J connectivity index is -0.000000180. The van der Waals surface area contributed by atoms with E-state index in [1.807, 2.05) is 20.8 Å². The zero-order valence-corrected chi connectivity index (χ0v) is 8.06. The molecule has 3 heteroatoms. The van der Waals surface area contributed by atoms with Gasteiger partial charge in [-0.2, -0.15) is 0 Å². The fourth-order valence-electron chi connectivity index (χ4n) is 0.0645. The maximum atomic E-state index is 8.09. The van der Waals surface area contributed by atoms with E-state index in [-0.39, 0.29) is 36.6 Å². The largest absolute Gasteiger partial charge is 1.00 e. The molecule has 0 heterocycles. The van der Waals surface area contributed by atoms with E-state index in [9.17, 15) is 0 Å². The van der Waals surface area contributed by atoms with Crippen LogP contribution in [-0.2, 0) is 4.89 Å². The molecule has 0 aromatic heterocycles. The topological polar surface area (TPSA) is 29.5 Å². The first-order chi connectivity index (χ1) is 3.12. The van der Waals surface area contributed by atoms with E-state index in [0.29, 0.717) is 0 Å². The average molecular weight is 128 g/mol. The quantitative estimate of drug-likeness (QED) is 0.287. The minimum absolute atomic E-state index is 0. The first-order valence-electron chi connectivity index (χ1n) is 2.45. The van der Waals surface area contributed by atoms with Crippen molar-refractivity contribution in [3.63, 3.8) is 0 Å². The second-order valence-electron chi connectivity index (χ2n) is 2.20. The van der Waals surface area contributed by atoms with Crippen LogP contribution in [-0.4, -0.2) is 10.9 Å². The molecule has 0 saturated heterocycles. The van der Waals surface area contributed by atoms with E-state index in [4.69, 9.17) is 5.26 Å². The Morgan fingerprint density at radius 2 is 2.00 bits per heavy atom. The Morgan fingerprint density at radius 1 is 1.62 bits per heavy atom. The molecular formula is C5H13NaO2. The molecule has 0 aromatic carbocycles. The van der Waals surface area contributed by atoms with Crippen molar-refractivity contribution in [1.82, 2.24) is 0 Å². The molecule has 0 aliphatic heterocycles. The maximum absolute atomic E-state index is 8.09. The van der Waals surface area contributed by atoms with Crippen molar-refractivity contribution in [2.45, 2.75) is 32.8 Å². The van der Waals surface area contributed by atoms with Gasteiger partial charge in [0, 0.05) is 0 Å². The van der Waals surface area contributed by atoms with Gasteiger partial charge in [-0.15, -0.1) is 0 Å². The minimum atomic E-state index is -0.361. The van der Waals surface area contributed by atoms with Crippen LogP contribution < -0.4 is 29.6 Å². The molecule has 0 amide bonds. The molecule has 0 spiro atoms. The second kappa shape index (κ2) is 4.77. The molecular weight excluding hydrogens is 115 g/mol. The Labute approximate surface area is 73.9 Å². The van der Waals surface area contributed by atoms with E-state index < -0.39 is 0 Å². The molecule has 46 valence electrons. The van der Waals surface area contributed by atoms with Gasteiger partial charge in [0.25, 0.3) is 0 Å². The summed E-state index contributed by atoms with van der Waals surface area (Å²) < 4.78 is 0. The number of hydrogen-bond donors (Lipinski definition) is 1. The van der Waals surface area contributed by atoms with Crippen LogP contribution in [0.25, 0.3) is 0 Å². The third-order valence-corrected chi connectivity index (χ3v) is 1.10. The second-order valence-corrected chi connectivity index (χ2v) is 2.20. The van der Waals surface area contributed by atoms with Crippen molar-refractivity contribution in [2.24, 2.45) is 0 Å². The normalized spacial score (nSPS) is 10.5. The van der Waals surface area contributed by atoms with Crippen LogP contribution in [0.2, 0.25) is 0 Å². The molecule has 2 nitrogen and oxygen atoms in total. The smallest absolute Gasteiger partial charge is 1.00 e. The molecule has 0 radical (unpaired) electrons. The van der Waals surface area contributed by atoms with Crippen molar-refractivity contribution in [3.05, 3.63) is 0 Å². The van der Waals surface area contributed by atoms with Crippen molar-refractivity contribution < 1.29 is 41.1 Å². The Bertz CT molecular complexity index is 52.9. The summed E-state index contributed by atoms with van der Waals surface area (Å²) in [7, 11) is 0. The van der Waals surface area contributed by atoms with Crippen molar-refractivity contribution in [3.8, 4) is 0 Å². The van der Waals surface area contributed by atoms with Gasteiger partial charge in [0.1, 0.15) is 0 Å². The summed E-state index contributed by atoms with van der Waals surface area (Å²) in [5, 5.41) is 8.09. The zero-order chi connectivity index (χ0) is 5.91. The Kier molecular flexibility index (Phi) is 6.96. The summed E-state index contributed by atoms with van der Waals surface area (Å²) in [6.07, 6.45) is 0.823. The molecule has 0 unspecified atom stereocenters. The SMILES string of the molecule is CCC(C)(C)OO.[H-].[Na+]. The van der Waals surface area contributed by atoms with E-state index in [2.05, 4.69) is 4.89 Å². The van der Waals surface area contributed by atoms with Crippen LogP contribution >= 0.6 is 0 Å². The van der Waals surface area contributed by atoms with Crippen LogP contribution in [0.3, 0.4) is 0 Å². The summed E-state index contributed by atoms with van der Waals surface area (Å²) in [5.74, 6) is 0. The van der Waals surface area contributed by atoms with E-state index >= 15 is 0 Å². The van der Waals surface area contributed by atoms with Gasteiger partial charge in [0.15, 0.2) is 0 Å². The molecule has 0 aliphatic carbocycles. The molecule has 8 heavy (non-hydrogen) atoms. The molecule has 0 saturated carbocycles. The Morgan fingerprint density at radius 3 is 2.00 bits per heavy atom. The summed E-state index contributed by atoms with van der Waals surface area (Å²) >= 11 is 0. The molecule has 0 atom stereocenters. The molecule has 0 aliphatic rings. The third kappa shape index (κ3) is 5.06. The van der Waals surface area contributed by atoms with Crippen LogP contribution in [0.15, 0.2) is 0 Å². The third-order valence-electron chi connectivity index (χ3n) is 1.10. The number of rotatable bonds is 2. The van der Waals surface area contributed by atoms with Crippen LogP contribution in [0.5, 0.6) is 0 Å². The van der Waals surface area contributed by atoms with Gasteiger partial charge in [-0.05, 0) is 20.3 Å². The van der Waals surface area contributed by atoms with Crippen molar-refractivity contribution >= 4 is 0 Å². The molecule has 0 rings (SSSR count). The maximum Gasteiger partial charge on any atom is 1.00 e.